The Bertz CT molecular complexity index is 394. The molecular formula is C11H16N4O. The summed E-state index contributed by atoms with van der Waals surface area (Å²) in [5.41, 5.74) is 7.94. The molecule has 0 aliphatic rings. The van der Waals surface area contributed by atoms with Gasteiger partial charge in [-0.05, 0) is 25.0 Å². The molecule has 5 nitrogen and oxygen atoms in total. The van der Waals surface area contributed by atoms with Crippen molar-refractivity contribution in [3.05, 3.63) is 29.3 Å². The Kier molecular flexibility index (Phi) is 3.88. The van der Waals surface area contributed by atoms with Gasteiger partial charge in [-0.1, -0.05) is 18.2 Å². The summed E-state index contributed by atoms with van der Waals surface area (Å²) in [6.07, 6.45) is 0. The summed E-state index contributed by atoms with van der Waals surface area (Å²) in [7, 11) is 0. The van der Waals surface area contributed by atoms with E-state index in [1.54, 1.807) is 0 Å². The first kappa shape index (κ1) is 12.0. The minimum absolute atomic E-state index is 0.0449. The number of guanidine groups is 1. The zero-order chi connectivity index (χ0) is 12.1. The maximum atomic E-state index is 10.5. The zero-order valence-corrected chi connectivity index (χ0v) is 9.42. The van der Waals surface area contributed by atoms with Crippen molar-refractivity contribution >= 4 is 17.6 Å². The number of amides is 1. The zero-order valence-electron chi connectivity index (χ0n) is 9.42. The highest BCUT2D eigenvalue weighted by molar-refractivity contribution is 5.94. The molecule has 5 N–H and O–H groups in total. The molecule has 1 aromatic rings. The summed E-state index contributed by atoms with van der Waals surface area (Å²) in [6, 6.07) is 5.86. The van der Waals surface area contributed by atoms with E-state index >= 15 is 0 Å². The second-order valence-electron chi connectivity index (χ2n) is 3.59. The Balaban J connectivity index is 2.66. The van der Waals surface area contributed by atoms with Crippen LogP contribution in [-0.4, -0.2) is 18.4 Å². The topological polar surface area (TPSA) is 91.0 Å². The standard InChI is InChI=1S/C11H16N4O/c1-7-4-3-5-8(2)10(7)15-11(13)14-6-9(12)16/h3-5H,6H2,1-2H3,(H2,12,16)(H3,13,14,15). The molecule has 0 aliphatic carbocycles. The number of hydrogen-bond acceptors (Lipinski definition) is 2. The number of carbonyl (C=O) groups excluding carboxylic acids is 1. The van der Waals surface area contributed by atoms with Crippen LogP contribution in [0.2, 0.25) is 0 Å². The number of anilines is 1. The maximum absolute atomic E-state index is 10.5. The van der Waals surface area contributed by atoms with Gasteiger partial charge in [-0.3, -0.25) is 10.2 Å². The van der Waals surface area contributed by atoms with Crippen molar-refractivity contribution in [1.82, 2.24) is 5.32 Å². The number of primary amides is 1. The van der Waals surface area contributed by atoms with E-state index in [4.69, 9.17) is 11.1 Å². The van der Waals surface area contributed by atoms with Crippen LogP contribution in [0.3, 0.4) is 0 Å². The van der Waals surface area contributed by atoms with Gasteiger partial charge in [0.1, 0.15) is 0 Å². The molecule has 1 aromatic carbocycles. The van der Waals surface area contributed by atoms with Crippen LogP contribution < -0.4 is 16.4 Å². The fourth-order valence-corrected chi connectivity index (χ4v) is 1.36. The lowest BCUT2D eigenvalue weighted by molar-refractivity contribution is -0.116. The number of carbonyl (C=O) groups is 1. The van der Waals surface area contributed by atoms with Gasteiger partial charge in [-0.25, -0.2) is 0 Å². The molecule has 0 saturated heterocycles. The molecule has 0 radical (unpaired) electrons. The summed E-state index contributed by atoms with van der Waals surface area (Å²) >= 11 is 0. The fraction of sp³-hybridized carbons (Fsp3) is 0.273. The van der Waals surface area contributed by atoms with Crippen LogP contribution in [0.4, 0.5) is 5.69 Å². The first-order chi connectivity index (χ1) is 7.50. The normalized spacial score (nSPS) is 9.62. The van der Waals surface area contributed by atoms with Crippen molar-refractivity contribution in [3.63, 3.8) is 0 Å². The molecule has 86 valence electrons. The van der Waals surface area contributed by atoms with Gasteiger partial charge in [0, 0.05) is 5.69 Å². The van der Waals surface area contributed by atoms with Crippen molar-refractivity contribution in [2.24, 2.45) is 5.73 Å². The van der Waals surface area contributed by atoms with E-state index in [0.717, 1.165) is 16.8 Å². The molecule has 1 amide bonds. The molecule has 0 saturated carbocycles. The molecule has 0 bridgehead atoms. The largest absolute Gasteiger partial charge is 0.368 e. The molecule has 0 atom stereocenters. The Morgan fingerprint density at radius 2 is 1.94 bits per heavy atom. The SMILES string of the molecule is Cc1cccc(C)c1NC(=N)NCC(N)=O. The van der Waals surface area contributed by atoms with E-state index in [-0.39, 0.29) is 12.5 Å². The van der Waals surface area contributed by atoms with Crippen molar-refractivity contribution in [2.45, 2.75) is 13.8 Å². The van der Waals surface area contributed by atoms with Gasteiger partial charge < -0.3 is 16.4 Å². The average molecular weight is 220 g/mol. The molecule has 0 heterocycles. The Hall–Kier alpha value is -2.04. The first-order valence-electron chi connectivity index (χ1n) is 4.94. The Labute approximate surface area is 94.5 Å². The molecule has 1 rings (SSSR count). The number of hydrogen-bond donors (Lipinski definition) is 4. The van der Waals surface area contributed by atoms with Gasteiger partial charge in [-0.2, -0.15) is 0 Å². The highest BCUT2D eigenvalue weighted by atomic mass is 16.1. The number of nitrogens with two attached hydrogens (primary N) is 1. The molecule has 0 aromatic heterocycles. The molecular weight excluding hydrogens is 204 g/mol. The van der Waals surface area contributed by atoms with Gasteiger partial charge in [0.15, 0.2) is 5.96 Å². The average Bonchev–Trinajstić information content (AvgIpc) is 2.21. The summed E-state index contributed by atoms with van der Waals surface area (Å²) < 4.78 is 0. The van der Waals surface area contributed by atoms with E-state index in [9.17, 15) is 4.79 Å². The van der Waals surface area contributed by atoms with Gasteiger partial charge in [0.25, 0.3) is 0 Å². The third-order valence-electron chi connectivity index (χ3n) is 2.17. The smallest absolute Gasteiger partial charge is 0.236 e. The van der Waals surface area contributed by atoms with Crippen LogP contribution >= 0.6 is 0 Å². The number of para-hydroxylation sites is 1. The quantitative estimate of drug-likeness (QED) is 0.447. The summed E-state index contributed by atoms with van der Waals surface area (Å²) in [4.78, 5) is 10.5. The number of benzene rings is 1. The lowest BCUT2D eigenvalue weighted by Crippen LogP contribution is -2.37. The number of aryl methyl sites for hydroxylation is 2. The van der Waals surface area contributed by atoms with Crippen molar-refractivity contribution < 1.29 is 4.79 Å². The molecule has 5 heteroatoms. The van der Waals surface area contributed by atoms with Gasteiger partial charge in [-0.15, -0.1) is 0 Å². The summed E-state index contributed by atoms with van der Waals surface area (Å²) in [6.45, 7) is 3.87. The monoisotopic (exact) mass is 220 g/mol. The maximum Gasteiger partial charge on any atom is 0.236 e. The second-order valence-corrected chi connectivity index (χ2v) is 3.59. The second kappa shape index (κ2) is 5.16. The molecule has 0 unspecified atom stereocenters. The molecule has 0 spiro atoms. The highest BCUT2D eigenvalue weighted by Crippen LogP contribution is 2.18. The highest BCUT2D eigenvalue weighted by Gasteiger charge is 2.04. The van der Waals surface area contributed by atoms with E-state index in [2.05, 4.69) is 10.6 Å². The van der Waals surface area contributed by atoms with Crippen LogP contribution in [0.15, 0.2) is 18.2 Å². The molecule has 16 heavy (non-hydrogen) atoms. The molecule has 0 fully saturated rings. The van der Waals surface area contributed by atoms with Crippen LogP contribution in [0.1, 0.15) is 11.1 Å². The Morgan fingerprint density at radius 1 is 1.38 bits per heavy atom. The van der Waals surface area contributed by atoms with Crippen molar-refractivity contribution in [2.75, 3.05) is 11.9 Å². The molecule has 0 aliphatic heterocycles. The summed E-state index contributed by atoms with van der Waals surface area (Å²) in [5.74, 6) is -0.427. The number of nitrogens with one attached hydrogen (secondary N) is 3. The van der Waals surface area contributed by atoms with Crippen molar-refractivity contribution in [1.29, 1.82) is 5.41 Å². The van der Waals surface area contributed by atoms with Gasteiger partial charge in [0.2, 0.25) is 5.91 Å². The Morgan fingerprint density at radius 3 is 2.44 bits per heavy atom. The van der Waals surface area contributed by atoms with E-state index in [1.165, 1.54) is 0 Å². The van der Waals surface area contributed by atoms with Crippen LogP contribution in [0.5, 0.6) is 0 Å². The predicted molar refractivity (Wildman–Crippen MR) is 64.5 cm³/mol. The predicted octanol–water partition coefficient (Wildman–Crippen LogP) is 0.725. The lowest BCUT2D eigenvalue weighted by Gasteiger charge is -2.13. The summed E-state index contributed by atoms with van der Waals surface area (Å²) in [5, 5.41) is 13.1. The minimum atomic E-state index is -0.493. The van der Waals surface area contributed by atoms with E-state index in [1.807, 2.05) is 32.0 Å². The van der Waals surface area contributed by atoms with Crippen LogP contribution in [0, 0.1) is 19.3 Å². The lowest BCUT2D eigenvalue weighted by atomic mass is 10.1. The van der Waals surface area contributed by atoms with Gasteiger partial charge in [0.05, 0.1) is 6.54 Å². The van der Waals surface area contributed by atoms with Crippen molar-refractivity contribution in [3.8, 4) is 0 Å². The van der Waals surface area contributed by atoms with Gasteiger partial charge >= 0.3 is 0 Å². The third kappa shape index (κ3) is 3.27. The number of rotatable bonds is 3. The first-order valence-corrected chi connectivity index (χ1v) is 4.94. The fourth-order valence-electron chi connectivity index (χ4n) is 1.36. The van der Waals surface area contributed by atoms with E-state index < -0.39 is 5.91 Å². The van der Waals surface area contributed by atoms with E-state index in [0.29, 0.717) is 0 Å². The third-order valence-corrected chi connectivity index (χ3v) is 2.17. The van der Waals surface area contributed by atoms with Crippen LogP contribution in [0.25, 0.3) is 0 Å². The minimum Gasteiger partial charge on any atom is -0.368 e. The van der Waals surface area contributed by atoms with Crippen LogP contribution in [-0.2, 0) is 4.79 Å².